The summed E-state index contributed by atoms with van der Waals surface area (Å²) < 4.78 is 0. The fourth-order valence-electron chi connectivity index (χ4n) is 3.87. The first-order valence-electron chi connectivity index (χ1n) is 8.39. The summed E-state index contributed by atoms with van der Waals surface area (Å²) in [5.74, 6) is 1.11. The SMILES string of the molecule is Cc1cccc(CN2C[C@@H]3CN(C(=O)c4cnccn4)C[C@@H]3C2)n1. The Morgan fingerprint density at radius 1 is 1.17 bits per heavy atom. The Morgan fingerprint density at radius 3 is 2.62 bits per heavy atom. The minimum absolute atomic E-state index is 0.00407. The Bertz CT molecular complexity index is 721. The predicted octanol–water partition coefficient (Wildman–Crippen LogP) is 1.38. The highest BCUT2D eigenvalue weighted by Gasteiger charge is 2.41. The molecule has 2 fully saturated rings. The van der Waals surface area contributed by atoms with Crippen molar-refractivity contribution in [2.24, 2.45) is 11.8 Å². The van der Waals surface area contributed by atoms with Crippen LogP contribution in [0.15, 0.2) is 36.8 Å². The first kappa shape index (κ1) is 15.2. The second-order valence-corrected chi connectivity index (χ2v) is 6.79. The van der Waals surface area contributed by atoms with Gasteiger partial charge in [-0.15, -0.1) is 0 Å². The van der Waals surface area contributed by atoms with Crippen LogP contribution in [-0.2, 0) is 6.54 Å². The number of aryl methyl sites for hydroxylation is 1. The topological polar surface area (TPSA) is 62.2 Å². The number of fused-ring (bicyclic) bond motifs is 1. The van der Waals surface area contributed by atoms with Gasteiger partial charge in [0, 0.05) is 50.8 Å². The zero-order valence-corrected chi connectivity index (χ0v) is 13.8. The molecule has 0 aliphatic carbocycles. The predicted molar refractivity (Wildman–Crippen MR) is 89.2 cm³/mol. The van der Waals surface area contributed by atoms with E-state index >= 15 is 0 Å². The van der Waals surface area contributed by atoms with Gasteiger partial charge >= 0.3 is 0 Å². The van der Waals surface area contributed by atoms with Gasteiger partial charge in [0.05, 0.1) is 11.9 Å². The van der Waals surface area contributed by atoms with Crippen molar-refractivity contribution in [3.8, 4) is 0 Å². The maximum Gasteiger partial charge on any atom is 0.274 e. The van der Waals surface area contributed by atoms with Crippen LogP contribution >= 0.6 is 0 Å². The number of hydrogen-bond acceptors (Lipinski definition) is 5. The molecule has 0 unspecified atom stereocenters. The first-order chi connectivity index (χ1) is 11.7. The van der Waals surface area contributed by atoms with E-state index in [1.807, 2.05) is 17.9 Å². The lowest BCUT2D eigenvalue weighted by Gasteiger charge is -2.21. The van der Waals surface area contributed by atoms with Crippen molar-refractivity contribution in [2.45, 2.75) is 13.5 Å². The van der Waals surface area contributed by atoms with Crippen LogP contribution in [0.4, 0.5) is 0 Å². The average molecular weight is 323 g/mol. The van der Waals surface area contributed by atoms with Crippen LogP contribution < -0.4 is 0 Å². The van der Waals surface area contributed by atoms with E-state index < -0.39 is 0 Å². The summed E-state index contributed by atoms with van der Waals surface area (Å²) >= 11 is 0. The summed E-state index contributed by atoms with van der Waals surface area (Å²) in [5, 5.41) is 0. The number of pyridine rings is 1. The molecule has 2 aliphatic rings. The standard InChI is InChI=1S/C18H21N5O/c1-13-3-2-4-16(21-13)12-22-8-14-10-23(11-15(14)9-22)18(24)17-7-19-5-6-20-17/h2-7,14-15H,8-12H2,1H3/t14-,15+. The van der Waals surface area contributed by atoms with Crippen LogP contribution in [0.3, 0.4) is 0 Å². The van der Waals surface area contributed by atoms with E-state index in [1.54, 1.807) is 18.6 Å². The molecule has 0 bridgehead atoms. The number of carbonyl (C=O) groups is 1. The zero-order valence-electron chi connectivity index (χ0n) is 13.8. The Balaban J connectivity index is 1.36. The van der Waals surface area contributed by atoms with E-state index in [2.05, 4.69) is 32.0 Å². The zero-order chi connectivity index (χ0) is 16.5. The molecule has 0 saturated carbocycles. The third-order valence-electron chi connectivity index (χ3n) is 4.96. The van der Waals surface area contributed by atoms with Gasteiger partial charge in [0.1, 0.15) is 5.69 Å². The molecule has 4 heterocycles. The van der Waals surface area contributed by atoms with Gasteiger partial charge in [0.25, 0.3) is 5.91 Å². The highest BCUT2D eigenvalue weighted by Crippen LogP contribution is 2.32. The number of amides is 1. The van der Waals surface area contributed by atoms with Crippen LogP contribution in [0.1, 0.15) is 21.9 Å². The molecule has 0 radical (unpaired) electrons. The Morgan fingerprint density at radius 2 is 1.96 bits per heavy atom. The number of aromatic nitrogens is 3. The van der Waals surface area contributed by atoms with E-state index in [4.69, 9.17) is 0 Å². The molecule has 2 aromatic rings. The largest absolute Gasteiger partial charge is 0.337 e. The molecule has 2 aliphatic heterocycles. The van der Waals surface area contributed by atoms with Crippen molar-refractivity contribution < 1.29 is 4.79 Å². The van der Waals surface area contributed by atoms with Gasteiger partial charge in [-0.2, -0.15) is 0 Å². The molecule has 4 rings (SSSR count). The number of nitrogens with zero attached hydrogens (tertiary/aromatic N) is 5. The van der Waals surface area contributed by atoms with Gasteiger partial charge in [-0.25, -0.2) is 4.98 Å². The minimum atomic E-state index is 0.00407. The summed E-state index contributed by atoms with van der Waals surface area (Å²) in [6, 6.07) is 6.18. The Labute approximate surface area is 141 Å². The van der Waals surface area contributed by atoms with Crippen molar-refractivity contribution in [1.29, 1.82) is 0 Å². The summed E-state index contributed by atoms with van der Waals surface area (Å²) in [4.78, 5) is 29.6. The fourth-order valence-corrected chi connectivity index (χ4v) is 3.87. The third-order valence-corrected chi connectivity index (χ3v) is 4.96. The van der Waals surface area contributed by atoms with Gasteiger partial charge in [-0.3, -0.25) is 19.7 Å². The molecule has 24 heavy (non-hydrogen) atoms. The van der Waals surface area contributed by atoms with Crippen molar-refractivity contribution in [2.75, 3.05) is 26.2 Å². The lowest BCUT2D eigenvalue weighted by Crippen LogP contribution is -2.33. The molecule has 1 amide bonds. The van der Waals surface area contributed by atoms with E-state index in [0.717, 1.165) is 44.1 Å². The summed E-state index contributed by atoms with van der Waals surface area (Å²) in [5.41, 5.74) is 2.63. The van der Waals surface area contributed by atoms with Gasteiger partial charge in [-0.05, 0) is 30.9 Å². The lowest BCUT2D eigenvalue weighted by molar-refractivity contribution is 0.0767. The molecule has 2 saturated heterocycles. The Hall–Kier alpha value is -2.34. The smallest absolute Gasteiger partial charge is 0.274 e. The maximum atomic E-state index is 12.5. The Kier molecular flexibility index (Phi) is 3.98. The van der Waals surface area contributed by atoms with Crippen molar-refractivity contribution >= 4 is 5.91 Å². The molecule has 124 valence electrons. The number of likely N-dealkylation sites (tertiary alicyclic amines) is 2. The summed E-state index contributed by atoms with van der Waals surface area (Å²) in [6.07, 6.45) is 4.71. The molecule has 2 atom stereocenters. The second-order valence-electron chi connectivity index (χ2n) is 6.79. The fraction of sp³-hybridized carbons (Fsp3) is 0.444. The maximum absolute atomic E-state index is 12.5. The van der Waals surface area contributed by atoms with Crippen molar-refractivity contribution in [3.63, 3.8) is 0 Å². The van der Waals surface area contributed by atoms with Crippen molar-refractivity contribution in [1.82, 2.24) is 24.8 Å². The van der Waals surface area contributed by atoms with Crippen LogP contribution in [0.2, 0.25) is 0 Å². The van der Waals surface area contributed by atoms with E-state index in [-0.39, 0.29) is 5.91 Å². The molecular formula is C18H21N5O. The molecule has 6 nitrogen and oxygen atoms in total. The molecule has 0 aromatic carbocycles. The van der Waals surface area contributed by atoms with Crippen LogP contribution in [0.25, 0.3) is 0 Å². The second kappa shape index (κ2) is 6.28. The summed E-state index contributed by atoms with van der Waals surface area (Å²) in [6.45, 7) is 6.62. The van der Waals surface area contributed by atoms with Crippen molar-refractivity contribution in [3.05, 3.63) is 53.9 Å². The molecular weight excluding hydrogens is 302 g/mol. The number of rotatable bonds is 3. The van der Waals surface area contributed by atoms with E-state index in [0.29, 0.717) is 17.5 Å². The molecule has 6 heteroatoms. The number of hydrogen-bond donors (Lipinski definition) is 0. The molecule has 0 spiro atoms. The van der Waals surface area contributed by atoms with Crippen LogP contribution in [0.5, 0.6) is 0 Å². The quantitative estimate of drug-likeness (QED) is 0.854. The third kappa shape index (κ3) is 3.01. The monoisotopic (exact) mass is 323 g/mol. The minimum Gasteiger partial charge on any atom is -0.337 e. The highest BCUT2D eigenvalue weighted by molar-refractivity contribution is 5.92. The molecule has 2 aromatic heterocycles. The molecule has 0 N–H and O–H groups in total. The number of carbonyl (C=O) groups excluding carboxylic acids is 1. The highest BCUT2D eigenvalue weighted by atomic mass is 16.2. The van der Waals surface area contributed by atoms with Gasteiger partial charge in [0.2, 0.25) is 0 Å². The normalized spacial score (nSPS) is 23.5. The van der Waals surface area contributed by atoms with Crippen LogP contribution in [0, 0.1) is 18.8 Å². The van der Waals surface area contributed by atoms with E-state index in [9.17, 15) is 4.79 Å². The average Bonchev–Trinajstić information content (AvgIpc) is 3.13. The van der Waals surface area contributed by atoms with Crippen LogP contribution in [-0.4, -0.2) is 56.8 Å². The lowest BCUT2D eigenvalue weighted by atomic mass is 10.0. The first-order valence-corrected chi connectivity index (χ1v) is 8.39. The van der Waals surface area contributed by atoms with Gasteiger partial charge in [-0.1, -0.05) is 6.07 Å². The van der Waals surface area contributed by atoms with Gasteiger partial charge < -0.3 is 4.90 Å². The van der Waals surface area contributed by atoms with Gasteiger partial charge in [0.15, 0.2) is 0 Å². The summed E-state index contributed by atoms with van der Waals surface area (Å²) in [7, 11) is 0. The van der Waals surface area contributed by atoms with E-state index in [1.165, 1.54) is 0 Å².